The predicted octanol–water partition coefficient (Wildman–Crippen LogP) is 7.05. The highest BCUT2D eigenvalue weighted by Crippen LogP contribution is 2.43. The number of nitrogen functional groups attached to an aromatic ring is 1. The van der Waals surface area contributed by atoms with Gasteiger partial charge in [0.25, 0.3) is 0 Å². The van der Waals surface area contributed by atoms with E-state index in [0.717, 1.165) is 12.2 Å². The van der Waals surface area contributed by atoms with E-state index in [4.69, 9.17) is 38.4 Å². The molecule has 0 saturated heterocycles. The maximum absolute atomic E-state index is 13.8. The zero-order chi connectivity index (χ0) is 23.0. The molecule has 2 heterocycles. The van der Waals surface area contributed by atoms with Gasteiger partial charge in [-0.1, -0.05) is 42.8 Å². The Bertz CT molecular complexity index is 1100. The lowest BCUT2D eigenvalue weighted by Gasteiger charge is -2.15. The van der Waals surface area contributed by atoms with Gasteiger partial charge in [0.15, 0.2) is 0 Å². The molecule has 0 aliphatic rings. The molecule has 0 unspecified atom stereocenters. The fourth-order valence-electron chi connectivity index (χ4n) is 2.88. The summed E-state index contributed by atoms with van der Waals surface area (Å²) in [6.07, 6.45) is -3.68. The van der Waals surface area contributed by atoms with E-state index in [2.05, 4.69) is 24.6 Å². The molecule has 0 saturated carbocycles. The van der Waals surface area contributed by atoms with Crippen molar-refractivity contribution in [2.24, 2.45) is 0 Å². The van der Waals surface area contributed by atoms with Gasteiger partial charge in [0.05, 0.1) is 16.0 Å². The zero-order valence-electron chi connectivity index (χ0n) is 17.2. The van der Waals surface area contributed by atoms with Crippen LogP contribution in [0.1, 0.15) is 5.56 Å². The van der Waals surface area contributed by atoms with Crippen molar-refractivity contribution in [2.45, 2.75) is 38.6 Å². The molecule has 0 aliphatic heterocycles. The number of halogens is 5. The third-order valence-electron chi connectivity index (χ3n) is 4.47. The number of anilines is 1. The van der Waals surface area contributed by atoms with Crippen LogP contribution in [-0.2, 0) is 17.6 Å². The van der Waals surface area contributed by atoms with Crippen LogP contribution in [0.2, 0.25) is 35.9 Å². The molecule has 11 heteroatoms. The quantitative estimate of drug-likeness (QED) is 0.166. The van der Waals surface area contributed by atoms with Gasteiger partial charge in [-0.15, -0.1) is 0 Å². The number of fused-ring (bicyclic) bond motifs is 1. The first-order valence-corrected chi connectivity index (χ1v) is 13.9. The number of alkyl halides is 3. The van der Waals surface area contributed by atoms with Crippen LogP contribution in [0.15, 0.2) is 30.5 Å². The molecule has 0 radical (unpaired) electrons. The standard InChI is InChI=1S/C20H22Cl2F3N3O2Si/c1-31(2,3)7-6-29-11-28-10-13(20(23,24)25)18-16(9-17(22)27-19(18)28)30-15-5-4-12(26)8-14(15)21/h4-5,8-10H,6-7,11,26H2,1-3H3. The number of nitrogens with zero attached hydrogens (tertiary/aromatic N) is 2. The fraction of sp³-hybridized carbons (Fsp3) is 0.350. The largest absolute Gasteiger partial charge is 0.455 e. The van der Waals surface area contributed by atoms with Crippen molar-refractivity contribution < 1.29 is 22.6 Å². The van der Waals surface area contributed by atoms with Gasteiger partial charge in [0, 0.05) is 32.6 Å². The van der Waals surface area contributed by atoms with Crippen LogP contribution in [0.3, 0.4) is 0 Å². The van der Waals surface area contributed by atoms with E-state index in [1.807, 2.05) is 0 Å². The van der Waals surface area contributed by atoms with E-state index < -0.39 is 19.8 Å². The van der Waals surface area contributed by atoms with Crippen LogP contribution in [0.4, 0.5) is 18.9 Å². The first-order valence-electron chi connectivity index (χ1n) is 9.42. The molecule has 0 aliphatic carbocycles. The van der Waals surface area contributed by atoms with Crippen LogP contribution in [0.5, 0.6) is 11.5 Å². The molecular formula is C20H22Cl2F3N3O2Si. The minimum atomic E-state index is -4.64. The fourth-order valence-corrected chi connectivity index (χ4v) is 4.04. The first kappa shape index (κ1) is 23.7. The lowest BCUT2D eigenvalue weighted by Crippen LogP contribution is -2.22. The third kappa shape index (κ3) is 5.85. The molecule has 168 valence electrons. The van der Waals surface area contributed by atoms with E-state index in [-0.39, 0.29) is 39.4 Å². The maximum atomic E-state index is 13.8. The second-order valence-electron chi connectivity index (χ2n) is 8.29. The second kappa shape index (κ2) is 8.89. The average molecular weight is 492 g/mol. The van der Waals surface area contributed by atoms with Crippen LogP contribution < -0.4 is 10.5 Å². The molecule has 0 fully saturated rings. The molecule has 0 bridgehead atoms. The summed E-state index contributed by atoms with van der Waals surface area (Å²) >= 11 is 12.2. The molecule has 2 aromatic heterocycles. The van der Waals surface area contributed by atoms with Crippen molar-refractivity contribution in [1.82, 2.24) is 9.55 Å². The molecule has 2 N–H and O–H groups in total. The molecule has 31 heavy (non-hydrogen) atoms. The minimum Gasteiger partial charge on any atom is -0.455 e. The van der Waals surface area contributed by atoms with Gasteiger partial charge in [-0.3, -0.25) is 0 Å². The highest BCUT2D eigenvalue weighted by molar-refractivity contribution is 6.76. The molecule has 0 amide bonds. The molecule has 0 spiro atoms. The van der Waals surface area contributed by atoms with Crippen molar-refractivity contribution >= 4 is 48.0 Å². The number of aromatic nitrogens is 2. The lowest BCUT2D eigenvalue weighted by molar-refractivity contribution is -0.136. The number of benzene rings is 1. The second-order valence-corrected chi connectivity index (χ2v) is 14.7. The van der Waals surface area contributed by atoms with E-state index >= 15 is 0 Å². The summed E-state index contributed by atoms with van der Waals surface area (Å²) in [6.45, 7) is 6.93. The third-order valence-corrected chi connectivity index (χ3v) is 6.66. The van der Waals surface area contributed by atoms with Gasteiger partial charge in [0.2, 0.25) is 0 Å². The topological polar surface area (TPSA) is 62.3 Å². The van der Waals surface area contributed by atoms with Gasteiger partial charge in [0.1, 0.15) is 29.0 Å². The summed E-state index contributed by atoms with van der Waals surface area (Å²) in [6, 6.07) is 6.56. The molecular weight excluding hydrogens is 470 g/mol. The van der Waals surface area contributed by atoms with Crippen molar-refractivity contribution in [3.63, 3.8) is 0 Å². The van der Waals surface area contributed by atoms with Crippen molar-refractivity contribution in [1.29, 1.82) is 0 Å². The van der Waals surface area contributed by atoms with Crippen molar-refractivity contribution in [2.75, 3.05) is 12.3 Å². The Hall–Kier alpha value is -1.94. The van der Waals surface area contributed by atoms with Crippen molar-refractivity contribution in [3.05, 3.63) is 46.2 Å². The van der Waals surface area contributed by atoms with E-state index in [9.17, 15) is 13.2 Å². The number of hydrogen-bond donors (Lipinski definition) is 1. The summed E-state index contributed by atoms with van der Waals surface area (Å²) in [5.74, 6) is 0.0292. The van der Waals surface area contributed by atoms with Gasteiger partial charge < -0.3 is 19.8 Å². The SMILES string of the molecule is C[Si](C)(C)CCOCn1cc(C(F)(F)F)c2c(Oc3ccc(N)cc3Cl)cc(Cl)nc21. The zero-order valence-corrected chi connectivity index (χ0v) is 19.7. The monoisotopic (exact) mass is 491 g/mol. The molecule has 3 rings (SSSR count). The first-order chi connectivity index (χ1) is 14.3. The Kier molecular flexibility index (Phi) is 6.80. The van der Waals surface area contributed by atoms with E-state index in [1.165, 1.54) is 28.8 Å². The van der Waals surface area contributed by atoms with E-state index in [1.54, 1.807) is 0 Å². The Morgan fingerprint density at radius 1 is 1.13 bits per heavy atom. The Morgan fingerprint density at radius 3 is 2.45 bits per heavy atom. The summed E-state index contributed by atoms with van der Waals surface area (Å²) in [4.78, 5) is 4.10. The van der Waals surface area contributed by atoms with Gasteiger partial charge in [-0.25, -0.2) is 4.98 Å². The number of rotatable bonds is 7. The highest BCUT2D eigenvalue weighted by atomic mass is 35.5. The number of pyridine rings is 1. The molecule has 3 aromatic rings. The normalized spacial score (nSPS) is 12.5. The maximum Gasteiger partial charge on any atom is 0.418 e. The van der Waals surface area contributed by atoms with E-state index in [0.29, 0.717) is 12.3 Å². The summed E-state index contributed by atoms with van der Waals surface area (Å²) in [5, 5.41) is -0.0911. The van der Waals surface area contributed by atoms with Gasteiger partial charge >= 0.3 is 6.18 Å². The summed E-state index contributed by atoms with van der Waals surface area (Å²) in [7, 11) is -1.34. The minimum absolute atomic E-state index is 0.00870. The summed E-state index contributed by atoms with van der Waals surface area (Å²) < 4.78 is 54.1. The van der Waals surface area contributed by atoms with Crippen LogP contribution >= 0.6 is 23.2 Å². The van der Waals surface area contributed by atoms with Crippen molar-refractivity contribution in [3.8, 4) is 11.5 Å². The number of hydrogen-bond acceptors (Lipinski definition) is 4. The van der Waals surface area contributed by atoms with Gasteiger partial charge in [-0.2, -0.15) is 13.2 Å². The Labute approximate surface area is 188 Å². The van der Waals surface area contributed by atoms with Crippen LogP contribution in [0.25, 0.3) is 11.0 Å². The van der Waals surface area contributed by atoms with Crippen LogP contribution in [-0.4, -0.2) is 24.2 Å². The smallest absolute Gasteiger partial charge is 0.418 e. The Balaban J connectivity index is 2.04. The number of ether oxygens (including phenoxy) is 2. The highest BCUT2D eigenvalue weighted by Gasteiger charge is 2.37. The molecule has 0 atom stereocenters. The predicted molar refractivity (Wildman–Crippen MR) is 120 cm³/mol. The lowest BCUT2D eigenvalue weighted by atomic mass is 10.2. The van der Waals surface area contributed by atoms with Gasteiger partial charge in [-0.05, 0) is 24.2 Å². The Morgan fingerprint density at radius 2 is 1.84 bits per heavy atom. The molecule has 5 nitrogen and oxygen atoms in total. The summed E-state index contributed by atoms with van der Waals surface area (Å²) in [5.41, 5.74) is 5.17. The average Bonchev–Trinajstić information content (AvgIpc) is 2.99. The number of nitrogens with two attached hydrogens (primary N) is 1. The van der Waals surface area contributed by atoms with Crippen LogP contribution in [0, 0.1) is 0 Å². The molecule has 1 aromatic carbocycles.